The topological polar surface area (TPSA) is 36.1 Å². The van der Waals surface area contributed by atoms with E-state index in [1.54, 1.807) is 0 Å². The van der Waals surface area contributed by atoms with E-state index in [0.29, 0.717) is 11.3 Å². The maximum absolute atomic E-state index is 3.59. The third kappa shape index (κ3) is 1.97. The molecule has 1 heterocycles. The average molecular weight is 259 g/mol. The highest BCUT2D eigenvalue weighted by Gasteiger charge is 2.27. The van der Waals surface area contributed by atoms with Crippen LogP contribution >= 0.6 is 11.8 Å². The first-order chi connectivity index (χ1) is 8.80. The highest BCUT2D eigenvalue weighted by atomic mass is 32.2. The second kappa shape index (κ2) is 4.61. The summed E-state index contributed by atoms with van der Waals surface area (Å²) < 4.78 is 0. The van der Waals surface area contributed by atoms with Gasteiger partial charge in [0.15, 0.2) is 0 Å². The van der Waals surface area contributed by atoms with Crippen molar-refractivity contribution in [3.05, 3.63) is 42.1 Å². The zero-order valence-corrected chi connectivity index (χ0v) is 11.3. The van der Waals surface area contributed by atoms with Crippen LogP contribution in [-0.4, -0.2) is 25.4 Å². The van der Waals surface area contributed by atoms with Gasteiger partial charge in [0, 0.05) is 36.1 Å². The number of fused-ring (bicyclic) bond motifs is 2. The molecule has 1 aliphatic carbocycles. The molecule has 0 bridgehead atoms. The van der Waals surface area contributed by atoms with Gasteiger partial charge in [0.1, 0.15) is 0 Å². The van der Waals surface area contributed by atoms with Crippen molar-refractivity contribution in [2.45, 2.75) is 16.2 Å². The third-order valence-electron chi connectivity index (χ3n) is 3.33. The minimum Gasteiger partial charge on any atom is -0.388 e. The molecular weight excluding hydrogens is 242 g/mol. The number of benzene rings is 1. The van der Waals surface area contributed by atoms with Gasteiger partial charge in [-0.25, -0.2) is 0 Å². The van der Waals surface area contributed by atoms with Gasteiger partial charge < -0.3 is 16.0 Å². The fourth-order valence-electron chi connectivity index (χ4n) is 2.28. The Morgan fingerprint density at radius 1 is 1.22 bits per heavy atom. The Morgan fingerprint density at radius 2 is 2.11 bits per heavy atom. The van der Waals surface area contributed by atoms with E-state index in [1.165, 1.54) is 16.3 Å². The lowest BCUT2D eigenvalue weighted by Gasteiger charge is -2.33. The number of anilines is 2. The van der Waals surface area contributed by atoms with Gasteiger partial charge in [0.2, 0.25) is 0 Å². The predicted molar refractivity (Wildman–Crippen MR) is 79.3 cm³/mol. The first-order valence-electron chi connectivity index (χ1n) is 6.13. The van der Waals surface area contributed by atoms with E-state index < -0.39 is 0 Å². The molecule has 0 saturated carbocycles. The summed E-state index contributed by atoms with van der Waals surface area (Å²) in [5.41, 5.74) is 3.58. The van der Waals surface area contributed by atoms with Gasteiger partial charge in [-0.3, -0.25) is 0 Å². The van der Waals surface area contributed by atoms with Crippen LogP contribution in [0.3, 0.4) is 0 Å². The first kappa shape index (κ1) is 11.5. The van der Waals surface area contributed by atoms with Crippen molar-refractivity contribution in [3.63, 3.8) is 0 Å². The van der Waals surface area contributed by atoms with E-state index in [0.717, 1.165) is 5.69 Å². The number of hydrogen-bond donors (Lipinski definition) is 3. The van der Waals surface area contributed by atoms with Gasteiger partial charge in [-0.15, -0.1) is 11.8 Å². The predicted octanol–water partition coefficient (Wildman–Crippen LogP) is 2.66. The molecule has 2 atom stereocenters. The summed E-state index contributed by atoms with van der Waals surface area (Å²) in [4.78, 5) is 1.31. The van der Waals surface area contributed by atoms with Crippen LogP contribution < -0.4 is 16.0 Å². The van der Waals surface area contributed by atoms with Gasteiger partial charge in [-0.05, 0) is 30.4 Å². The highest BCUT2D eigenvalue weighted by Crippen LogP contribution is 2.41. The van der Waals surface area contributed by atoms with Crippen LogP contribution in [0, 0.1) is 0 Å². The molecule has 4 heteroatoms. The molecule has 3 nitrogen and oxygen atoms in total. The Morgan fingerprint density at radius 3 is 2.89 bits per heavy atom. The molecule has 0 amide bonds. The number of thioether (sulfide) groups is 1. The lowest BCUT2D eigenvalue weighted by molar-refractivity contribution is 0.850. The van der Waals surface area contributed by atoms with Gasteiger partial charge in [0.25, 0.3) is 0 Å². The highest BCUT2D eigenvalue weighted by molar-refractivity contribution is 8.00. The second-order valence-electron chi connectivity index (χ2n) is 4.44. The van der Waals surface area contributed by atoms with Crippen LogP contribution in [0.15, 0.2) is 47.0 Å². The van der Waals surface area contributed by atoms with Gasteiger partial charge in [-0.1, -0.05) is 6.08 Å². The number of likely N-dealkylation sites (N-methyl/N-ethyl adjacent to an activating group) is 1. The van der Waals surface area contributed by atoms with E-state index >= 15 is 0 Å². The van der Waals surface area contributed by atoms with Gasteiger partial charge >= 0.3 is 0 Å². The molecule has 0 fully saturated rings. The molecule has 0 spiro atoms. The summed E-state index contributed by atoms with van der Waals surface area (Å²) in [6, 6.07) is 6.85. The Labute approximate surface area is 112 Å². The molecule has 3 N–H and O–H groups in total. The summed E-state index contributed by atoms with van der Waals surface area (Å²) in [7, 11) is 3.91. The summed E-state index contributed by atoms with van der Waals surface area (Å²) in [5.74, 6) is 0. The van der Waals surface area contributed by atoms with Crippen LogP contribution in [-0.2, 0) is 0 Å². The monoisotopic (exact) mass is 259 g/mol. The van der Waals surface area contributed by atoms with Crippen molar-refractivity contribution < 1.29 is 0 Å². The largest absolute Gasteiger partial charge is 0.388 e. The molecule has 18 heavy (non-hydrogen) atoms. The van der Waals surface area contributed by atoms with Crippen molar-refractivity contribution in [2.75, 3.05) is 24.7 Å². The molecule has 94 valence electrons. The molecular formula is C14H17N3S. The molecule has 3 rings (SSSR count). The average Bonchev–Trinajstić information content (AvgIpc) is 2.43. The fourth-order valence-corrected chi connectivity index (χ4v) is 3.54. The zero-order valence-electron chi connectivity index (χ0n) is 10.5. The quantitative estimate of drug-likeness (QED) is 0.763. The molecule has 1 aliphatic heterocycles. The smallest absolute Gasteiger partial charge is 0.0606 e. The number of nitrogens with one attached hydrogen (secondary N) is 3. The summed E-state index contributed by atoms with van der Waals surface area (Å²) in [5, 5.41) is 10.4. The SMILES string of the molecule is CNC1=CC2Sc3cc(NC)ccc3NC2C=C1. The van der Waals surface area contributed by atoms with Crippen molar-refractivity contribution in [2.24, 2.45) is 0 Å². The van der Waals surface area contributed by atoms with Crippen LogP contribution in [0.4, 0.5) is 11.4 Å². The Hall–Kier alpha value is -1.55. The minimum atomic E-state index is 0.389. The van der Waals surface area contributed by atoms with Crippen molar-refractivity contribution in [3.8, 4) is 0 Å². The molecule has 2 aliphatic rings. The molecule has 0 saturated heterocycles. The normalized spacial score (nSPS) is 24.4. The van der Waals surface area contributed by atoms with Crippen LogP contribution in [0.5, 0.6) is 0 Å². The number of hydrogen-bond acceptors (Lipinski definition) is 4. The third-order valence-corrected chi connectivity index (χ3v) is 4.62. The Bertz CT molecular complexity index is 522. The second-order valence-corrected chi connectivity index (χ2v) is 5.66. The first-order valence-corrected chi connectivity index (χ1v) is 7.01. The van der Waals surface area contributed by atoms with E-state index in [1.807, 2.05) is 25.9 Å². The Balaban J connectivity index is 1.91. The maximum Gasteiger partial charge on any atom is 0.0606 e. The van der Waals surface area contributed by atoms with E-state index in [4.69, 9.17) is 0 Å². The van der Waals surface area contributed by atoms with Crippen molar-refractivity contribution >= 4 is 23.1 Å². The summed E-state index contributed by atoms with van der Waals surface area (Å²) >= 11 is 1.92. The fraction of sp³-hybridized carbons (Fsp3) is 0.286. The van der Waals surface area contributed by atoms with Crippen molar-refractivity contribution in [1.29, 1.82) is 0 Å². The van der Waals surface area contributed by atoms with Gasteiger partial charge in [-0.2, -0.15) is 0 Å². The van der Waals surface area contributed by atoms with Crippen LogP contribution in [0.1, 0.15) is 0 Å². The number of allylic oxidation sites excluding steroid dienone is 1. The van der Waals surface area contributed by atoms with Crippen molar-refractivity contribution in [1.82, 2.24) is 5.32 Å². The summed E-state index contributed by atoms with van der Waals surface area (Å²) in [6.07, 6.45) is 6.66. The molecule has 0 aromatic heterocycles. The van der Waals surface area contributed by atoms with E-state index in [2.05, 4.69) is 52.4 Å². The standard InChI is InChI=1S/C14H17N3S/c1-15-9-3-5-11-13(7-9)18-14-8-10(16-2)4-6-12(14)17-11/h3-8,11,13,15-17H,1-2H3. The summed E-state index contributed by atoms with van der Waals surface area (Å²) in [6.45, 7) is 0. The number of rotatable bonds is 2. The lowest BCUT2D eigenvalue weighted by Crippen LogP contribution is -2.34. The molecule has 1 aromatic rings. The zero-order chi connectivity index (χ0) is 12.5. The molecule has 1 aromatic carbocycles. The minimum absolute atomic E-state index is 0.389. The van der Waals surface area contributed by atoms with Gasteiger partial charge in [0.05, 0.1) is 11.3 Å². The van der Waals surface area contributed by atoms with Crippen LogP contribution in [0.2, 0.25) is 0 Å². The van der Waals surface area contributed by atoms with E-state index in [-0.39, 0.29) is 0 Å². The maximum atomic E-state index is 3.59. The molecule has 2 unspecified atom stereocenters. The van der Waals surface area contributed by atoms with E-state index in [9.17, 15) is 0 Å². The Kier molecular flexibility index (Phi) is 2.96. The lowest BCUT2D eigenvalue weighted by atomic mass is 10.1. The molecule has 0 radical (unpaired) electrons. The van der Waals surface area contributed by atoms with Crippen LogP contribution in [0.25, 0.3) is 0 Å².